The summed E-state index contributed by atoms with van der Waals surface area (Å²) in [6.07, 6.45) is 2.97. The number of carbonyl (C=O) groups excluding carboxylic acids is 2. The van der Waals surface area contributed by atoms with Crippen molar-refractivity contribution in [2.45, 2.75) is 0 Å². The summed E-state index contributed by atoms with van der Waals surface area (Å²) in [4.78, 5) is 24.4. The van der Waals surface area contributed by atoms with Gasteiger partial charge in [-0.05, 0) is 77.9 Å². The lowest BCUT2D eigenvalue weighted by molar-refractivity contribution is 0.0947. The van der Waals surface area contributed by atoms with Crippen LogP contribution in [0.15, 0.2) is 76.9 Å². The van der Waals surface area contributed by atoms with Gasteiger partial charge in [0.1, 0.15) is 17.2 Å². The van der Waals surface area contributed by atoms with Crippen LogP contribution >= 0.6 is 0 Å². The molecule has 2 amide bonds. The third kappa shape index (κ3) is 6.67. The zero-order valence-corrected chi connectivity index (χ0v) is 18.9. The minimum absolute atomic E-state index is 0.357. The lowest BCUT2D eigenvalue weighted by atomic mass is 10.1. The van der Waals surface area contributed by atoms with E-state index in [0.717, 1.165) is 0 Å². The Kier molecular flexibility index (Phi) is 8.34. The molecule has 0 aliphatic rings. The average Bonchev–Trinajstić information content (AvgIpc) is 2.88. The van der Waals surface area contributed by atoms with Crippen LogP contribution in [0.3, 0.4) is 0 Å². The first-order valence-corrected chi connectivity index (χ1v) is 10.2. The molecule has 0 aromatic heterocycles. The van der Waals surface area contributed by atoms with Gasteiger partial charge < -0.3 is 14.2 Å². The molecule has 0 atom stereocenters. The first-order valence-electron chi connectivity index (χ1n) is 10.2. The Balaban J connectivity index is 1.63. The van der Waals surface area contributed by atoms with E-state index in [1.165, 1.54) is 19.5 Å². The Labute approximate surface area is 197 Å². The highest BCUT2D eigenvalue weighted by molar-refractivity contribution is 5.96. The molecule has 0 radical (unpaired) electrons. The molecular formula is C25H24N4O5. The van der Waals surface area contributed by atoms with Gasteiger partial charge in [0.2, 0.25) is 0 Å². The van der Waals surface area contributed by atoms with E-state index in [1.807, 2.05) is 0 Å². The second-order valence-corrected chi connectivity index (χ2v) is 6.89. The number of nitrogens with zero attached hydrogens (tertiary/aromatic N) is 2. The SMILES string of the molecule is COc1ccc(C(=O)NN=Cc2cc(C=NNC(=O)c3ccc(OC)cc3)cc(OC)c2)cc1. The largest absolute Gasteiger partial charge is 0.497 e. The molecule has 9 nitrogen and oxygen atoms in total. The predicted octanol–water partition coefficient (Wildman–Crippen LogP) is 3.24. The highest BCUT2D eigenvalue weighted by Crippen LogP contribution is 2.15. The number of methoxy groups -OCH3 is 3. The molecular weight excluding hydrogens is 436 g/mol. The van der Waals surface area contributed by atoms with E-state index in [0.29, 0.717) is 39.5 Å². The van der Waals surface area contributed by atoms with Crippen LogP contribution in [-0.4, -0.2) is 45.6 Å². The molecule has 0 bridgehead atoms. The Hall–Kier alpha value is -4.66. The van der Waals surface area contributed by atoms with E-state index < -0.39 is 0 Å². The minimum atomic E-state index is -0.357. The molecule has 0 fully saturated rings. The minimum Gasteiger partial charge on any atom is -0.497 e. The summed E-state index contributed by atoms with van der Waals surface area (Å²) in [7, 11) is 4.65. The fourth-order valence-electron chi connectivity index (χ4n) is 2.86. The Morgan fingerprint density at radius 3 is 1.35 bits per heavy atom. The molecule has 0 saturated carbocycles. The van der Waals surface area contributed by atoms with Crippen molar-refractivity contribution in [1.82, 2.24) is 10.9 Å². The quantitative estimate of drug-likeness (QED) is 0.376. The number of hydrogen-bond donors (Lipinski definition) is 2. The number of hydrazone groups is 2. The van der Waals surface area contributed by atoms with Gasteiger partial charge in [-0.2, -0.15) is 10.2 Å². The van der Waals surface area contributed by atoms with Gasteiger partial charge in [0.05, 0.1) is 33.8 Å². The first kappa shape index (κ1) is 24.0. The van der Waals surface area contributed by atoms with E-state index in [2.05, 4.69) is 21.1 Å². The van der Waals surface area contributed by atoms with Gasteiger partial charge in [0, 0.05) is 11.1 Å². The predicted molar refractivity (Wildman–Crippen MR) is 129 cm³/mol. The summed E-state index contributed by atoms with van der Waals surface area (Å²) in [5.41, 5.74) is 7.18. The van der Waals surface area contributed by atoms with E-state index >= 15 is 0 Å². The molecule has 0 saturated heterocycles. The molecule has 3 aromatic rings. The van der Waals surface area contributed by atoms with Crippen LogP contribution in [0.1, 0.15) is 31.8 Å². The summed E-state index contributed by atoms with van der Waals surface area (Å²) in [5, 5.41) is 8.01. The van der Waals surface area contributed by atoms with Crippen molar-refractivity contribution in [3.63, 3.8) is 0 Å². The van der Waals surface area contributed by atoms with Crippen molar-refractivity contribution >= 4 is 24.2 Å². The van der Waals surface area contributed by atoms with Gasteiger partial charge in [-0.15, -0.1) is 0 Å². The van der Waals surface area contributed by atoms with Gasteiger partial charge in [0.15, 0.2) is 0 Å². The van der Waals surface area contributed by atoms with Crippen LogP contribution in [0.2, 0.25) is 0 Å². The third-order valence-corrected chi connectivity index (χ3v) is 4.65. The highest BCUT2D eigenvalue weighted by atomic mass is 16.5. The molecule has 3 aromatic carbocycles. The van der Waals surface area contributed by atoms with Crippen molar-refractivity contribution in [2.75, 3.05) is 21.3 Å². The lowest BCUT2D eigenvalue weighted by Gasteiger charge is -2.05. The van der Waals surface area contributed by atoms with Gasteiger partial charge in [-0.25, -0.2) is 10.9 Å². The molecule has 0 heterocycles. The van der Waals surface area contributed by atoms with Crippen LogP contribution in [-0.2, 0) is 0 Å². The number of rotatable bonds is 9. The number of benzene rings is 3. The molecule has 34 heavy (non-hydrogen) atoms. The smallest absolute Gasteiger partial charge is 0.271 e. The van der Waals surface area contributed by atoms with Crippen LogP contribution in [0, 0.1) is 0 Å². The normalized spacial score (nSPS) is 10.8. The van der Waals surface area contributed by atoms with Crippen LogP contribution < -0.4 is 25.1 Å². The van der Waals surface area contributed by atoms with Gasteiger partial charge in [0.25, 0.3) is 11.8 Å². The van der Waals surface area contributed by atoms with Crippen LogP contribution in [0.4, 0.5) is 0 Å². The molecule has 0 aliphatic heterocycles. The number of ether oxygens (including phenoxy) is 3. The molecule has 0 spiro atoms. The number of carbonyl (C=O) groups is 2. The fourth-order valence-corrected chi connectivity index (χ4v) is 2.86. The van der Waals surface area contributed by atoms with Gasteiger partial charge >= 0.3 is 0 Å². The Bertz CT molecular complexity index is 1100. The third-order valence-electron chi connectivity index (χ3n) is 4.65. The number of amides is 2. The monoisotopic (exact) mass is 460 g/mol. The molecule has 9 heteroatoms. The van der Waals surface area contributed by atoms with Gasteiger partial charge in [-0.3, -0.25) is 9.59 Å². The maximum atomic E-state index is 12.2. The zero-order chi connectivity index (χ0) is 24.3. The van der Waals surface area contributed by atoms with Crippen molar-refractivity contribution in [3.05, 3.63) is 89.0 Å². The summed E-state index contributed by atoms with van der Waals surface area (Å²) < 4.78 is 15.5. The van der Waals surface area contributed by atoms with E-state index in [1.54, 1.807) is 80.9 Å². The molecule has 174 valence electrons. The number of hydrogen-bond acceptors (Lipinski definition) is 7. The van der Waals surface area contributed by atoms with Gasteiger partial charge in [-0.1, -0.05) is 0 Å². The van der Waals surface area contributed by atoms with E-state index in [-0.39, 0.29) is 11.8 Å². The Morgan fingerprint density at radius 1 is 0.618 bits per heavy atom. The average molecular weight is 460 g/mol. The second kappa shape index (κ2) is 11.8. The topological polar surface area (TPSA) is 111 Å². The van der Waals surface area contributed by atoms with Crippen LogP contribution in [0.25, 0.3) is 0 Å². The highest BCUT2D eigenvalue weighted by Gasteiger charge is 2.06. The maximum Gasteiger partial charge on any atom is 0.271 e. The molecule has 0 aliphatic carbocycles. The number of nitrogens with one attached hydrogen (secondary N) is 2. The first-order chi connectivity index (χ1) is 16.5. The van der Waals surface area contributed by atoms with E-state index in [4.69, 9.17) is 14.2 Å². The van der Waals surface area contributed by atoms with Crippen molar-refractivity contribution in [1.29, 1.82) is 0 Å². The summed E-state index contributed by atoms with van der Waals surface area (Å²) in [5.74, 6) is 1.17. The Morgan fingerprint density at radius 2 is 1.00 bits per heavy atom. The molecule has 0 unspecified atom stereocenters. The zero-order valence-electron chi connectivity index (χ0n) is 18.9. The van der Waals surface area contributed by atoms with Crippen molar-refractivity contribution in [2.24, 2.45) is 10.2 Å². The molecule has 2 N–H and O–H groups in total. The lowest BCUT2D eigenvalue weighted by Crippen LogP contribution is -2.17. The fraction of sp³-hybridized carbons (Fsp3) is 0.120. The van der Waals surface area contributed by atoms with Crippen molar-refractivity contribution < 1.29 is 23.8 Å². The summed E-state index contributed by atoms with van der Waals surface area (Å²) in [6, 6.07) is 18.6. The summed E-state index contributed by atoms with van der Waals surface area (Å²) >= 11 is 0. The standard InChI is InChI=1S/C25H24N4O5/c1-32-21-8-4-19(5-9-21)24(30)28-26-15-17-12-18(14-23(13-17)34-3)16-27-29-25(31)20-6-10-22(33-2)11-7-20/h4-16H,1-3H3,(H,28,30)(H,29,31). The second-order valence-electron chi connectivity index (χ2n) is 6.89. The van der Waals surface area contributed by atoms with Crippen LogP contribution in [0.5, 0.6) is 17.2 Å². The maximum absolute atomic E-state index is 12.2. The molecule has 3 rings (SSSR count). The van der Waals surface area contributed by atoms with Crippen molar-refractivity contribution in [3.8, 4) is 17.2 Å². The van der Waals surface area contributed by atoms with E-state index in [9.17, 15) is 9.59 Å². The summed E-state index contributed by atoms with van der Waals surface area (Å²) in [6.45, 7) is 0.